The second kappa shape index (κ2) is 9.90. The zero-order valence-electron chi connectivity index (χ0n) is 18.8. The van der Waals surface area contributed by atoms with E-state index >= 15 is 0 Å². The van der Waals surface area contributed by atoms with E-state index < -0.39 is 0 Å². The fourth-order valence-corrected chi connectivity index (χ4v) is 4.51. The minimum absolute atomic E-state index is 0.00712. The Hall–Kier alpha value is -3.28. The van der Waals surface area contributed by atoms with Gasteiger partial charge in [-0.05, 0) is 54.2 Å². The van der Waals surface area contributed by atoms with E-state index in [1.165, 1.54) is 5.56 Å². The zero-order chi connectivity index (χ0) is 22.5. The number of carbonyl (C=O) groups is 2. The van der Waals surface area contributed by atoms with E-state index in [0.29, 0.717) is 44.8 Å². The molecule has 2 amide bonds. The molecule has 0 radical (unpaired) electrons. The van der Waals surface area contributed by atoms with Crippen LogP contribution in [0.15, 0.2) is 48.5 Å². The Morgan fingerprint density at radius 2 is 1.56 bits per heavy atom. The van der Waals surface area contributed by atoms with Crippen molar-refractivity contribution in [3.8, 4) is 11.5 Å². The lowest BCUT2D eigenvalue weighted by molar-refractivity contribution is -0.140. The molecule has 1 saturated heterocycles. The van der Waals surface area contributed by atoms with Crippen molar-refractivity contribution in [3.63, 3.8) is 0 Å². The van der Waals surface area contributed by atoms with Crippen LogP contribution in [0.3, 0.4) is 0 Å². The monoisotopic (exact) mass is 434 g/mol. The summed E-state index contributed by atoms with van der Waals surface area (Å²) in [6.07, 6.45) is 5.69. The van der Waals surface area contributed by atoms with E-state index in [0.717, 1.165) is 23.3 Å². The summed E-state index contributed by atoms with van der Waals surface area (Å²) in [4.78, 5) is 29.5. The van der Waals surface area contributed by atoms with Gasteiger partial charge in [-0.15, -0.1) is 0 Å². The molecule has 0 saturated carbocycles. The van der Waals surface area contributed by atoms with Crippen LogP contribution in [0.4, 0.5) is 0 Å². The van der Waals surface area contributed by atoms with Gasteiger partial charge in [-0.3, -0.25) is 9.59 Å². The number of rotatable bonds is 5. The molecule has 1 fully saturated rings. The number of carbonyl (C=O) groups excluding carboxylic acids is 2. The number of likely N-dealkylation sites (tertiary alicyclic amines) is 1. The van der Waals surface area contributed by atoms with Crippen molar-refractivity contribution in [1.29, 1.82) is 0 Å². The van der Waals surface area contributed by atoms with Gasteiger partial charge in [0, 0.05) is 38.2 Å². The Labute approximate surface area is 189 Å². The summed E-state index contributed by atoms with van der Waals surface area (Å²) in [5.41, 5.74) is 3.32. The molecule has 0 N–H and O–H groups in total. The van der Waals surface area contributed by atoms with E-state index in [1.54, 1.807) is 20.3 Å². The number of fused-ring (bicyclic) bond motifs is 1. The molecule has 6 heteroatoms. The van der Waals surface area contributed by atoms with Gasteiger partial charge in [0.1, 0.15) is 0 Å². The quantitative estimate of drug-likeness (QED) is 0.676. The summed E-state index contributed by atoms with van der Waals surface area (Å²) in [6, 6.07) is 13.8. The van der Waals surface area contributed by atoms with Crippen molar-refractivity contribution in [2.75, 3.05) is 33.9 Å². The van der Waals surface area contributed by atoms with Crippen molar-refractivity contribution in [2.24, 2.45) is 5.92 Å². The number of hydrogen-bond donors (Lipinski definition) is 0. The SMILES string of the molecule is COc1cc2c(cc1OC)CN(C(=O)C1CCN(C(=O)C=Cc3ccccc3)CC1)CC2. The molecule has 0 atom stereocenters. The zero-order valence-corrected chi connectivity index (χ0v) is 18.8. The van der Waals surface area contributed by atoms with Crippen molar-refractivity contribution < 1.29 is 19.1 Å². The van der Waals surface area contributed by atoms with E-state index in [4.69, 9.17) is 9.47 Å². The fourth-order valence-electron chi connectivity index (χ4n) is 4.51. The van der Waals surface area contributed by atoms with Crippen LogP contribution in [0.2, 0.25) is 0 Å². The normalized spacial score (nSPS) is 16.7. The molecular formula is C26H30N2O4. The highest BCUT2D eigenvalue weighted by atomic mass is 16.5. The first-order chi connectivity index (χ1) is 15.6. The summed E-state index contributed by atoms with van der Waals surface area (Å²) in [7, 11) is 3.26. The van der Waals surface area contributed by atoms with Crippen molar-refractivity contribution in [3.05, 3.63) is 65.2 Å². The standard InChI is InChI=1S/C26H30N2O4/c1-31-23-16-21-12-15-28(18-22(21)17-24(23)32-2)26(30)20-10-13-27(14-11-20)25(29)9-8-19-6-4-3-5-7-19/h3-9,16-17,20H,10-15,18H2,1-2H3. The van der Waals surface area contributed by atoms with Crippen molar-refractivity contribution in [2.45, 2.75) is 25.8 Å². The maximum Gasteiger partial charge on any atom is 0.246 e. The molecule has 0 aliphatic carbocycles. The average Bonchev–Trinajstić information content (AvgIpc) is 2.86. The maximum atomic E-state index is 13.2. The van der Waals surface area contributed by atoms with Gasteiger partial charge in [0.25, 0.3) is 0 Å². The minimum Gasteiger partial charge on any atom is -0.493 e. The Balaban J connectivity index is 1.33. The van der Waals surface area contributed by atoms with E-state index in [2.05, 4.69) is 0 Å². The van der Waals surface area contributed by atoms with Gasteiger partial charge in [-0.25, -0.2) is 0 Å². The largest absolute Gasteiger partial charge is 0.493 e. The first kappa shape index (κ1) is 21.9. The summed E-state index contributed by atoms with van der Waals surface area (Å²) < 4.78 is 10.8. The predicted molar refractivity (Wildman–Crippen MR) is 123 cm³/mol. The van der Waals surface area contributed by atoms with Gasteiger partial charge in [0.15, 0.2) is 11.5 Å². The molecule has 2 heterocycles. The predicted octanol–water partition coefficient (Wildman–Crippen LogP) is 3.54. The number of hydrogen-bond acceptors (Lipinski definition) is 4. The molecule has 2 aromatic carbocycles. The van der Waals surface area contributed by atoms with Crippen LogP contribution >= 0.6 is 0 Å². The molecule has 0 spiro atoms. The van der Waals surface area contributed by atoms with Crippen LogP contribution in [-0.2, 0) is 22.6 Å². The Kier molecular flexibility index (Phi) is 6.78. The molecule has 6 nitrogen and oxygen atoms in total. The highest BCUT2D eigenvalue weighted by molar-refractivity contribution is 5.92. The van der Waals surface area contributed by atoms with Gasteiger partial charge in [0.2, 0.25) is 11.8 Å². The molecular weight excluding hydrogens is 404 g/mol. The van der Waals surface area contributed by atoms with E-state index in [9.17, 15) is 9.59 Å². The third-order valence-electron chi connectivity index (χ3n) is 6.40. The number of ether oxygens (including phenoxy) is 2. The molecule has 0 aromatic heterocycles. The summed E-state index contributed by atoms with van der Waals surface area (Å²) in [6.45, 7) is 2.53. The number of nitrogens with zero attached hydrogens (tertiary/aromatic N) is 2. The lowest BCUT2D eigenvalue weighted by Gasteiger charge is -2.36. The van der Waals surface area contributed by atoms with Crippen molar-refractivity contribution in [1.82, 2.24) is 9.80 Å². The van der Waals surface area contributed by atoms with Crippen LogP contribution in [0.25, 0.3) is 6.08 Å². The number of piperidine rings is 1. The first-order valence-electron chi connectivity index (χ1n) is 11.1. The topological polar surface area (TPSA) is 59.1 Å². The number of methoxy groups -OCH3 is 2. The van der Waals surface area contributed by atoms with Gasteiger partial charge < -0.3 is 19.3 Å². The number of benzene rings is 2. The smallest absolute Gasteiger partial charge is 0.246 e. The number of amides is 2. The van der Waals surface area contributed by atoms with Crippen LogP contribution in [0.5, 0.6) is 11.5 Å². The highest BCUT2D eigenvalue weighted by Gasteiger charge is 2.31. The molecule has 2 aliphatic heterocycles. The molecule has 2 aromatic rings. The summed E-state index contributed by atoms with van der Waals surface area (Å²) in [5.74, 6) is 1.59. The van der Waals surface area contributed by atoms with Gasteiger partial charge >= 0.3 is 0 Å². The van der Waals surface area contributed by atoms with E-state index in [1.807, 2.05) is 58.3 Å². The molecule has 2 aliphatic rings. The first-order valence-corrected chi connectivity index (χ1v) is 11.1. The summed E-state index contributed by atoms with van der Waals surface area (Å²) in [5, 5.41) is 0. The van der Waals surface area contributed by atoms with Crippen LogP contribution in [-0.4, -0.2) is 55.5 Å². The van der Waals surface area contributed by atoms with E-state index in [-0.39, 0.29) is 17.7 Å². The second-order valence-electron chi connectivity index (χ2n) is 8.33. The van der Waals surface area contributed by atoms with Crippen LogP contribution in [0, 0.1) is 5.92 Å². The molecule has 0 unspecified atom stereocenters. The molecule has 0 bridgehead atoms. The summed E-state index contributed by atoms with van der Waals surface area (Å²) >= 11 is 0. The third-order valence-corrected chi connectivity index (χ3v) is 6.40. The minimum atomic E-state index is -0.0288. The Morgan fingerprint density at radius 1 is 0.906 bits per heavy atom. The Morgan fingerprint density at radius 3 is 2.22 bits per heavy atom. The molecule has 168 valence electrons. The molecule has 4 rings (SSSR count). The van der Waals surface area contributed by atoms with Crippen LogP contribution in [0.1, 0.15) is 29.5 Å². The average molecular weight is 435 g/mol. The fraction of sp³-hybridized carbons (Fsp3) is 0.385. The maximum absolute atomic E-state index is 13.2. The van der Waals surface area contributed by atoms with Gasteiger partial charge in [-0.1, -0.05) is 30.3 Å². The van der Waals surface area contributed by atoms with Crippen LogP contribution < -0.4 is 9.47 Å². The lowest BCUT2D eigenvalue weighted by atomic mass is 9.92. The van der Waals surface area contributed by atoms with Crippen molar-refractivity contribution >= 4 is 17.9 Å². The highest BCUT2D eigenvalue weighted by Crippen LogP contribution is 2.34. The molecule has 32 heavy (non-hydrogen) atoms. The second-order valence-corrected chi connectivity index (χ2v) is 8.33. The third kappa shape index (κ3) is 4.79. The van der Waals surface area contributed by atoms with Gasteiger partial charge in [0.05, 0.1) is 14.2 Å². The lowest BCUT2D eigenvalue weighted by Crippen LogP contribution is -2.45. The van der Waals surface area contributed by atoms with Gasteiger partial charge in [-0.2, -0.15) is 0 Å². The Bertz CT molecular complexity index is 994.